The molecule has 328 valence electrons. The van der Waals surface area contributed by atoms with Gasteiger partial charge in [0.15, 0.2) is 0 Å². The first kappa shape index (κ1) is 48.1. The van der Waals surface area contributed by atoms with E-state index in [1.807, 2.05) is 6.07 Å². The first-order valence-corrected chi connectivity index (χ1v) is 20.3. The molecular formula is C49H49NO13. The van der Waals surface area contributed by atoms with Gasteiger partial charge in [0.25, 0.3) is 0 Å². The molecule has 63 heavy (non-hydrogen) atoms. The van der Waals surface area contributed by atoms with Crippen molar-refractivity contribution >= 4 is 35.8 Å². The Hall–Kier alpha value is -7.53. The summed E-state index contributed by atoms with van der Waals surface area (Å²) in [6.45, 7) is 11.3. The molecule has 1 N–H and O–H groups in total. The summed E-state index contributed by atoms with van der Waals surface area (Å²) in [4.78, 5) is 75.1. The number of rotatable bonds is 24. The fourth-order valence-corrected chi connectivity index (χ4v) is 5.79. The van der Waals surface area contributed by atoms with Crippen LogP contribution in [0.5, 0.6) is 23.0 Å². The Morgan fingerprint density at radius 1 is 0.556 bits per heavy atom. The van der Waals surface area contributed by atoms with Crippen molar-refractivity contribution < 1.29 is 62.3 Å². The Labute approximate surface area is 365 Å². The van der Waals surface area contributed by atoms with E-state index in [9.17, 15) is 33.9 Å². The number of hydrogen-bond donors (Lipinski definition) is 1. The number of benzene rings is 4. The minimum atomic E-state index is -1.44. The van der Waals surface area contributed by atoms with Gasteiger partial charge >= 0.3 is 35.8 Å². The van der Waals surface area contributed by atoms with Gasteiger partial charge in [-0.25, -0.2) is 28.8 Å². The summed E-state index contributed by atoms with van der Waals surface area (Å²) < 4.78 is 32.8. The zero-order valence-corrected chi connectivity index (χ0v) is 35.3. The van der Waals surface area contributed by atoms with Gasteiger partial charge in [0.05, 0.1) is 48.1 Å². The third kappa shape index (κ3) is 15.8. The first-order chi connectivity index (χ1) is 30.2. The van der Waals surface area contributed by atoms with Crippen LogP contribution in [-0.2, 0) is 25.5 Å². The number of carbonyl (C=O) groups is 6. The van der Waals surface area contributed by atoms with E-state index in [0.29, 0.717) is 66.9 Å². The molecule has 0 radical (unpaired) electrons. The molecule has 0 aliphatic heterocycles. The van der Waals surface area contributed by atoms with Gasteiger partial charge in [0.1, 0.15) is 28.6 Å². The van der Waals surface area contributed by atoms with Crippen molar-refractivity contribution in [3.63, 3.8) is 0 Å². The zero-order valence-electron chi connectivity index (χ0n) is 35.3. The van der Waals surface area contributed by atoms with Gasteiger partial charge in [-0.05, 0) is 149 Å². The molecular weight excluding hydrogens is 811 g/mol. The smallest absolute Gasteiger partial charge is 0.343 e. The normalized spacial score (nSPS) is 10.4. The van der Waals surface area contributed by atoms with Crippen LogP contribution in [0, 0.1) is 11.3 Å². The number of carboxylic acids is 1. The second-order valence-electron chi connectivity index (χ2n) is 14.4. The van der Waals surface area contributed by atoms with Crippen molar-refractivity contribution in [3.8, 4) is 29.1 Å². The predicted octanol–water partition coefficient (Wildman–Crippen LogP) is 9.19. The van der Waals surface area contributed by atoms with E-state index < -0.39 is 41.4 Å². The Balaban J connectivity index is 1.42. The van der Waals surface area contributed by atoms with Crippen LogP contribution in [0.15, 0.2) is 109 Å². The molecule has 0 amide bonds. The van der Waals surface area contributed by atoms with Gasteiger partial charge in [0.2, 0.25) is 0 Å². The molecule has 4 rings (SSSR count). The molecule has 0 aliphatic rings. The van der Waals surface area contributed by atoms with Crippen molar-refractivity contribution in [2.75, 3.05) is 19.8 Å². The number of nitrogens with zero attached hydrogens (tertiary/aromatic N) is 1. The number of aromatic carboxylic acids is 1. The summed E-state index contributed by atoms with van der Waals surface area (Å²) in [5.74, 6) is -4.29. The summed E-state index contributed by atoms with van der Waals surface area (Å²) in [6, 6.07) is 22.2. The van der Waals surface area contributed by atoms with E-state index in [0.717, 1.165) is 31.7 Å². The maximum absolute atomic E-state index is 13.4. The number of unbranched alkanes of at least 4 members (excludes halogenated alkanes) is 6. The van der Waals surface area contributed by atoms with Crippen LogP contribution in [0.25, 0.3) is 0 Å². The highest BCUT2D eigenvalue weighted by molar-refractivity contribution is 5.97. The highest BCUT2D eigenvalue weighted by atomic mass is 16.6. The van der Waals surface area contributed by atoms with Crippen molar-refractivity contribution in [1.82, 2.24) is 0 Å². The fraction of sp³-hybridized carbons (Fsp3) is 0.286. The Kier molecular flexibility index (Phi) is 18.8. The highest BCUT2D eigenvalue weighted by Crippen LogP contribution is 2.33. The molecule has 4 aromatic carbocycles. The summed E-state index contributed by atoms with van der Waals surface area (Å²) >= 11 is 0. The van der Waals surface area contributed by atoms with Gasteiger partial charge in [-0.1, -0.05) is 26.0 Å². The van der Waals surface area contributed by atoms with Crippen LogP contribution in [0.2, 0.25) is 0 Å². The number of ether oxygens (including phenoxy) is 6. The molecule has 0 saturated carbocycles. The van der Waals surface area contributed by atoms with Crippen LogP contribution in [0.4, 0.5) is 0 Å². The predicted molar refractivity (Wildman–Crippen MR) is 230 cm³/mol. The van der Waals surface area contributed by atoms with Gasteiger partial charge in [-0.3, -0.25) is 0 Å². The highest BCUT2D eigenvalue weighted by Gasteiger charge is 2.23. The fourth-order valence-electron chi connectivity index (χ4n) is 5.79. The SMILES string of the molecule is C=C(C)C(=O)OCCCCCCOc1ccc(C(=O)Oc2cc(CCCCCCOC(=O)C(=C)C)c(OC(=O)c3ccc(OC(=O)c4ccc(C#N)cc4)cc3)c(C(=O)O)c2)cc1. The van der Waals surface area contributed by atoms with Gasteiger partial charge in [0, 0.05) is 11.1 Å². The maximum atomic E-state index is 13.4. The summed E-state index contributed by atoms with van der Waals surface area (Å²) in [6.07, 6.45) is 5.89. The molecule has 0 aromatic heterocycles. The van der Waals surface area contributed by atoms with E-state index in [1.54, 1.807) is 26.0 Å². The molecule has 0 heterocycles. The molecule has 14 heteroatoms. The number of carbonyl (C=O) groups excluding carboxylic acids is 5. The number of aryl methyl sites for hydroxylation is 1. The molecule has 4 aromatic rings. The minimum absolute atomic E-state index is 0.0292. The van der Waals surface area contributed by atoms with Crippen molar-refractivity contribution in [3.05, 3.63) is 143 Å². The second kappa shape index (κ2) is 24.7. The number of hydrogen-bond acceptors (Lipinski definition) is 13. The average Bonchev–Trinajstić information content (AvgIpc) is 3.27. The van der Waals surface area contributed by atoms with Crippen LogP contribution >= 0.6 is 0 Å². The minimum Gasteiger partial charge on any atom is -0.494 e. The Morgan fingerprint density at radius 3 is 1.49 bits per heavy atom. The third-order valence-electron chi connectivity index (χ3n) is 9.23. The van der Waals surface area contributed by atoms with Gasteiger partial charge in [-0.2, -0.15) is 5.26 Å². The van der Waals surface area contributed by atoms with Crippen LogP contribution < -0.4 is 18.9 Å². The topological polar surface area (TPSA) is 202 Å². The lowest BCUT2D eigenvalue weighted by molar-refractivity contribution is -0.139. The Morgan fingerprint density at radius 2 is 1.00 bits per heavy atom. The molecule has 14 nitrogen and oxygen atoms in total. The molecule has 0 saturated heterocycles. The van der Waals surface area contributed by atoms with Crippen molar-refractivity contribution in [2.45, 2.75) is 71.6 Å². The molecule has 0 atom stereocenters. The number of nitriles is 1. The zero-order chi connectivity index (χ0) is 45.7. The van der Waals surface area contributed by atoms with E-state index >= 15 is 0 Å². The average molecular weight is 860 g/mol. The molecule has 0 fully saturated rings. The lowest BCUT2D eigenvalue weighted by atomic mass is 10.0. The standard InChI is InChI=1S/C49H49NO13/c1-32(2)45(53)59-27-11-6-5-9-13-38-29-41(62-48(56)36-18-22-39(23-19-36)58-26-10-7-8-12-28-60-46(54)33(3)4)30-42(44(51)52)43(38)63-49(57)37-20-24-40(25-21-37)61-47(55)35-16-14-34(31-50)15-17-35/h14-25,29-30H,1,3,5-13,26-28H2,2,4H3,(H,51,52). The van der Waals surface area contributed by atoms with E-state index in [4.69, 9.17) is 33.7 Å². The van der Waals surface area contributed by atoms with E-state index in [2.05, 4.69) is 13.2 Å². The van der Waals surface area contributed by atoms with Crippen LogP contribution in [-0.4, -0.2) is 60.7 Å². The monoisotopic (exact) mass is 859 g/mol. The third-order valence-corrected chi connectivity index (χ3v) is 9.23. The van der Waals surface area contributed by atoms with Crippen LogP contribution in [0.1, 0.15) is 118 Å². The van der Waals surface area contributed by atoms with Crippen molar-refractivity contribution in [1.29, 1.82) is 5.26 Å². The lowest BCUT2D eigenvalue weighted by Gasteiger charge is -2.16. The second-order valence-corrected chi connectivity index (χ2v) is 14.4. The largest absolute Gasteiger partial charge is 0.494 e. The van der Waals surface area contributed by atoms with Gasteiger partial charge < -0.3 is 33.5 Å². The summed E-state index contributed by atoms with van der Waals surface area (Å²) in [5.41, 5.74) is 1.34. The Bertz CT molecular complexity index is 2320. The molecule has 0 bridgehead atoms. The summed E-state index contributed by atoms with van der Waals surface area (Å²) in [7, 11) is 0. The van der Waals surface area contributed by atoms with Gasteiger partial charge in [-0.15, -0.1) is 0 Å². The lowest BCUT2D eigenvalue weighted by Crippen LogP contribution is -2.15. The molecule has 0 aliphatic carbocycles. The van der Waals surface area contributed by atoms with E-state index in [-0.39, 0.29) is 47.0 Å². The van der Waals surface area contributed by atoms with Crippen LogP contribution in [0.3, 0.4) is 0 Å². The van der Waals surface area contributed by atoms with E-state index in [1.165, 1.54) is 66.7 Å². The summed E-state index contributed by atoms with van der Waals surface area (Å²) in [5, 5.41) is 19.3. The molecule has 0 spiro atoms. The first-order valence-electron chi connectivity index (χ1n) is 20.3. The maximum Gasteiger partial charge on any atom is 0.343 e. The quantitative estimate of drug-likeness (QED) is 0.0302. The molecule has 0 unspecified atom stereocenters. The number of esters is 5. The number of carboxylic acid groups (broad SMARTS) is 1. The van der Waals surface area contributed by atoms with Crippen molar-refractivity contribution in [2.24, 2.45) is 0 Å².